The highest BCUT2D eigenvalue weighted by molar-refractivity contribution is 8.22. The lowest BCUT2D eigenvalue weighted by Crippen LogP contribution is -2.44. The van der Waals surface area contributed by atoms with E-state index in [-0.39, 0.29) is 0 Å². The van der Waals surface area contributed by atoms with E-state index in [4.69, 9.17) is 0 Å². The molecule has 0 aliphatic carbocycles. The fraction of sp³-hybridized carbons (Fsp3) is 1.00. The number of rotatable bonds is 0. The molecule has 2 rings (SSSR count). The second-order valence-electron chi connectivity index (χ2n) is 3.05. The Morgan fingerprint density at radius 3 is 3.00 bits per heavy atom. The van der Waals surface area contributed by atoms with Crippen LogP contribution in [-0.4, -0.2) is 44.8 Å². The van der Waals surface area contributed by atoms with Crippen molar-refractivity contribution in [1.29, 1.82) is 0 Å². The third-order valence-electron chi connectivity index (χ3n) is 2.33. The van der Waals surface area contributed by atoms with Crippen molar-refractivity contribution in [2.45, 2.75) is 12.5 Å². The molecule has 1 radical (unpaired) electrons. The van der Waals surface area contributed by atoms with Gasteiger partial charge in [0.15, 0.2) is 0 Å². The highest BCUT2D eigenvalue weighted by Crippen LogP contribution is 2.51. The maximum Gasteiger partial charge on any atom is 0.0546 e. The average molecular weight is 177 g/mol. The molecule has 0 bridgehead atoms. The molecular formula is C6H13N2O2S. The quantitative estimate of drug-likeness (QED) is 0.561. The van der Waals surface area contributed by atoms with Crippen molar-refractivity contribution >= 4 is 10.8 Å². The van der Waals surface area contributed by atoms with Crippen LogP contribution < -0.4 is 5.32 Å². The third-order valence-corrected chi connectivity index (χ3v) is 4.34. The van der Waals surface area contributed by atoms with E-state index in [0.29, 0.717) is 11.8 Å². The number of hydrogen-bond acceptors (Lipinski definition) is 3. The van der Waals surface area contributed by atoms with Gasteiger partial charge in [-0.05, 0) is 6.42 Å². The van der Waals surface area contributed by atoms with Gasteiger partial charge in [-0.1, -0.05) is 0 Å². The summed E-state index contributed by atoms with van der Waals surface area (Å²) in [5.74, 6) is 0.549. The highest BCUT2D eigenvalue weighted by atomic mass is 32.3. The van der Waals surface area contributed by atoms with Gasteiger partial charge in [-0.25, -0.2) is 9.62 Å². The second kappa shape index (κ2) is 2.60. The summed E-state index contributed by atoms with van der Waals surface area (Å²) in [5, 5.41) is 4.23. The molecule has 2 aliphatic rings. The van der Waals surface area contributed by atoms with Crippen LogP contribution in [0, 0.1) is 0 Å². The van der Waals surface area contributed by atoms with Crippen molar-refractivity contribution in [3.8, 4) is 0 Å². The fourth-order valence-electron chi connectivity index (χ4n) is 1.71. The molecule has 11 heavy (non-hydrogen) atoms. The first-order valence-corrected chi connectivity index (χ1v) is 5.53. The molecule has 0 aromatic rings. The van der Waals surface area contributed by atoms with Crippen LogP contribution in [0.1, 0.15) is 6.42 Å². The van der Waals surface area contributed by atoms with Crippen LogP contribution in [-0.2, 0) is 0 Å². The molecule has 2 N–H and O–H groups in total. The van der Waals surface area contributed by atoms with E-state index in [1.54, 1.807) is 0 Å². The van der Waals surface area contributed by atoms with E-state index in [0.717, 1.165) is 26.1 Å². The van der Waals surface area contributed by atoms with Crippen molar-refractivity contribution in [2.24, 2.45) is 0 Å². The van der Waals surface area contributed by atoms with Gasteiger partial charge in [0.1, 0.15) is 0 Å². The van der Waals surface area contributed by atoms with E-state index < -0.39 is 10.8 Å². The molecule has 0 amide bonds. The average Bonchev–Trinajstić information content (AvgIpc) is 2.29. The molecule has 2 saturated heterocycles. The predicted molar refractivity (Wildman–Crippen MR) is 44.7 cm³/mol. The first kappa shape index (κ1) is 7.82. The zero-order valence-corrected chi connectivity index (χ0v) is 7.13. The van der Waals surface area contributed by atoms with Gasteiger partial charge in [0.05, 0.1) is 5.75 Å². The number of nitrogens with zero attached hydrogens (tertiary/aromatic N) is 2. The number of hydrogen-bond donors (Lipinski definition) is 2. The summed E-state index contributed by atoms with van der Waals surface area (Å²) in [6, 6.07) is 0.314. The molecule has 4 nitrogen and oxygen atoms in total. The Labute approximate surface area is 68.1 Å². The van der Waals surface area contributed by atoms with E-state index in [1.807, 2.05) is 4.31 Å². The first-order valence-electron chi connectivity index (χ1n) is 3.86. The maximum absolute atomic E-state index is 9.51. The molecule has 0 aromatic carbocycles. The fourth-order valence-corrected chi connectivity index (χ4v) is 3.56. The summed E-state index contributed by atoms with van der Waals surface area (Å²) in [6.45, 7) is 2.27. The minimum Gasteiger partial charge on any atom is -0.285 e. The van der Waals surface area contributed by atoms with Crippen molar-refractivity contribution < 1.29 is 9.11 Å². The summed E-state index contributed by atoms with van der Waals surface area (Å²) in [6.07, 6.45) is 0.895. The van der Waals surface area contributed by atoms with Crippen molar-refractivity contribution in [1.82, 2.24) is 9.62 Å². The summed E-state index contributed by atoms with van der Waals surface area (Å²) >= 11 is 0. The van der Waals surface area contributed by atoms with Crippen LogP contribution in [0.15, 0.2) is 0 Å². The molecule has 1 unspecified atom stereocenters. The van der Waals surface area contributed by atoms with Crippen molar-refractivity contribution in [2.75, 3.05) is 25.4 Å². The van der Waals surface area contributed by atoms with Gasteiger partial charge in [-0.15, -0.1) is 10.8 Å². The lowest BCUT2D eigenvalue weighted by Gasteiger charge is -2.41. The number of fused-ring (bicyclic) bond motifs is 1. The molecule has 2 fully saturated rings. The van der Waals surface area contributed by atoms with Crippen molar-refractivity contribution in [3.63, 3.8) is 0 Å². The molecule has 2 aliphatic heterocycles. The summed E-state index contributed by atoms with van der Waals surface area (Å²) in [4.78, 5) is 0. The minimum absolute atomic E-state index is 0.314. The lowest BCUT2D eigenvalue weighted by atomic mass is 10.2. The molecule has 65 valence electrons. The van der Waals surface area contributed by atoms with Gasteiger partial charge in [0, 0.05) is 25.7 Å². The van der Waals surface area contributed by atoms with Crippen LogP contribution in [0.5, 0.6) is 0 Å². The predicted octanol–water partition coefficient (Wildman–Crippen LogP) is 0.344. The normalized spacial score (nSPS) is 40.0. The van der Waals surface area contributed by atoms with E-state index in [1.165, 1.54) is 0 Å². The van der Waals surface area contributed by atoms with Crippen LogP contribution >= 0.6 is 10.8 Å². The van der Waals surface area contributed by atoms with Crippen LogP contribution in [0.3, 0.4) is 0 Å². The van der Waals surface area contributed by atoms with Gasteiger partial charge in [0.25, 0.3) is 0 Å². The number of piperazine rings is 1. The smallest absolute Gasteiger partial charge is 0.0546 e. The summed E-state index contributed by atoms with van der Waals surface area (Å²) in [7, 11) is -2.37. The Bertz CT molecular complexity index is 165. The third kappa shape index (κ3) is 1.27. The Morgan fingerprint density at radius 1 is 1.45 bits per heavy atom. The Morgan fingerprint density at radius 2 is 2.27 bits per heavy atom. The van der Waals surface area contributed by atoms with Gasteiger partial charge in [0.2, 0.25) is 0 Å². The van der Waals surface area contributed by atoms with Crippen LogP contribution in [0.25, 0.3) is 0 Å². The monoisotopic (exact) mass is 177 g/mol. The molecule has 5 heteroatoms. The van der Waals surface area contributed by atoms with Crippen LogP contribution in [0.2, 0.25) is 0 Å². The zero-order valence-electron chi connectivity index (χ0n) is 6.31. The Balaban J connectivity index is 2.10. The molecule has 0 spiro atoms. The van der Waals surface area contributed by atoms with Crippen LogP contribution in [0.4, 0.5) is 0 Å². The second-order valence-corrected chi connectivity index (χ2v) is 5.19. The van der Waals surface area contributed by atoms with Crippen molar-refractivity contribution in [3.05, 3.63) is 0 Å². The molecule has 0 aromatic heterocycles. The van der Waals surface area contributed by atoms with Gasteiger partial charge < -0.3 is 0 Å². The largest absolute Gasteiger partial charge is 0.285 e. The molecule has 1 atom stereocenters. The van der Waals surface area contributed by atoms with E-state index in [2.05, 4.69) is 5.32 Å². The lowest BCUT2D eigenvalue weighted by molar-refractivity contribution is 0.262. The maximum atomic E-state index is 9.51. The molecule has 2 heterocycles. The zero-order chi connectivity index (χ0) is 7.90. The molecular weight excluding hydrogens is 164 g/mol. The van der Waals surface area contributed by atoms with Gasteiger partial charge >= 0.3 is 0 Å². The summed E-state index contributed by atoms with van der Waals surface area (Å²) < 4.78 is 20.9. The van der Waals surface area contributed by atoms with Gasteiger partial charge in [-0.3, -0.25) is 9.11 Å². The minimum atomic E-state index is -2.37. The van der Waals surface area contributed by atoms with Gasteiger partial charge in [-0.2, -0.15) is 0 Å². The SMILES string of the molecule is OS1(O)CCC2C[N]CCN21. The van der Waals surface area contributed by atoms with E-state index in [9.17, 15) is 9.11 Å². The highest BCUT2D eigenvalue weighted by Gasteiger charge is 2.38. The first-order chi connectivity index (χ1) is 5.20. The molecule has 0 saturated carbocycles. The topological polar surface area (TPSA) is 57.8 Å². The van der Waals surface area contributed by atoms with E-state index >= 15 is 0 Å². The Hall–Kier alpha value is 0.190. The Kier molecular flexibility index (Phi) is 1.85. The summed E-state index contributed by atoms with van der Waals surface area (Å²) in [5.41, 5.74) is 0. The standard InChI is InChI=1S/C6H13N2O2S/c9-11(10)4-1-6-5-7-2-3-8(6)11/h6,9-10H,1-5H2.